The van der Waals surface area contributed by atoms with E-state index in [2.05, 4.69) is 31.1 Å². The van der Waals surface area contributed by atoms with Crippen molar-refractivity contribution in [1.82, 2.24) is 4.90 Å². The van der Waals surface area contributed by atoms with E-state index >= 15 is 0 Å². The summed E-state index contributed by atoms with van der Waals surface area (Å²) in [5.41, 5.74) is 1.24. The Labute approximate surface area is 102 Å². The smallest absolute Gasteiger partial charge is 0.0233 e. The van der Waals surface area contributed by atoms with Crippen LogP contribution in [0.1, 0.15) is 21.8 Å². The minimum absolute atomic E-state index is 0. The number of rotatable bonds is 2. The predicted molar refractivity (Wildman–Crippen MR) is 64.0 cm³/mol. The molecule has 0 aromatic heterocycles. The first kappa shape index (κ1) is 18.7. The molecule has 1 rings (SSSR count). The molecular formula is C11H22NSn. The molecule has 0 bridgehead atoms. The molecule has 0 aliphatic heterocycles. The van der Waals surface area contributed by atoms with Crippen LogP contribution in [-0.2, 0) is 6.54 Å². The van der Waals surface area contributed by atoms with Crippen LogP contribution in [-0.4, -0.2) is 42.9 Å². The normalized spacial score (nSPS) is 7.92. The number of hydrogen-bond acceptors (Lipinski definition) is 1. The molecule has 1 nitrogen and oxygen atoms in total. The monoisotopic (exact) mass is 288 g/mol. The minimum atomic E-state index is 0. The van der Waals surface area contributed by atoms with Gasteiger partial charge in [-0.05, 0) is 25.7 Å². The topological polar surface area (TPSA) is 3.24 Å². The molecule has 13 heavy (non-hydrogen) atoms. The second-order valence-corrected chi connectivity index (χ2v) is 2.63. The third-order valence-electron chi connectivity index (χ3n) is 1.26. The van der Waals surface area contributed by atoms with Gasteiger partial charge in [0.05, 0.1) is 0 Å². The van der Waals surface area contributed by atoms with Crippen LogP contribution in [0.3, 0.4) is 0 Å². The molecule has 2 heteroatoms. The Balaban J connectivity index is -0.000000125. The maximum absolute atomic E-state index is 3.16. The molecule has 0 saturated heterocycles. The van der Waals surface area contributed by atoms with Gasteiger partial charge in [0, 0.05) is 31.9 Å². The summed E-state index contributed by atoms with van der Waals surface area (Å²) in [7, 11) is 4.11. The van der Waals surface area contributed by atoms with Gasteiger partial charge in [-0.1, -0.05) is 39.1 Å². The molecular weight excluding hydrogens is 265 g/mol. The summed E-state index contributed by atoms with van der Waals surface area (Å²) in [6.45, 7) is 0.973. The van der Waals surface area contributed by atoms with E-state index in [0.717, 1.165) is 6.54 Å². The Morgan fingerprint density at radius 2 is 1.92 bits per heavy atom. The molecule has 0 N–H and O–H groups in total. The summed E-state index contributed by atoms with van der Waals surface area (Å²) >= 11 is 0. The van der Waals surface area contributed by atoms with Crippen molar-refractivity contribution in [2.24, 2.45) is 0 Å². The summed E-state index contributed by atoms with van der Waals surface area (Å²) in [5, 5.41) is 0. The first-order valence-corrected chi connectivity index (χ1v) is 3.39. The summed E-state index contributed by atoms with van der Waals surface area (Å²) in [5.74, 6) is 0. The van der Waals surface area contributed by atoms with Crippen molar-refractivity contribution in [3.05, 3.63) is 35.9 Å². The van der Waals surface area contributed by atoms with Crippen molar-refractivity contribution in [3.63, 3.8) is 0 Å². The molecule has 0 aliphatic carbocycles. The summed E-state index contributed by atoms with van der Waals surface area (Å²) in [4.78, 5) is 2.13. The van der Waals surface area contributed by atoms with Crippen LogP contribution in [0.2, 0.25) is 0 Å². The van der Waals surface area contributed by atoms with E-state index in [9.17, 15) is 0 Å². The fourth-order valence-electron chi connectivity index (χ4n) is 0.870. The summed E-state index contributed by atoms with van der Waals surface area (Å²) in [6.07, 6.45) is 0. The van der Waals surface area contributed by atoms with Crippen LogP contribution >= 0.6 is 0 Å². The van der Waals surface area contributed by atoms with Crippen molar-refractivity contribution in [2.75, 3.05) is 14.1 Å². The van der Waals surface area contributed by atoms with Crippen LogP contribution < -0.4 is 0 Å². The van der Waals surface area contributed by atoms with Crippen molar-refractivity contribution < 1.29 is 1.43 Å². The van der Waals surface area contributed by atoms with Crippen LogP contribution in [0, 0.1) is 6.07 Å². The Bertz CT molecular complexity index is 190. The Morgan fingerprint density at radius 3 is 2.31 bits per heavy atom. The van der Waals surface area contributed by atoms with Gasteiger partial charge in [-0.25, -0.2) is 0 Å². The van der Waals surface area contributed by atoms with Crippen molar-refractivity contribution >= 4 is 23.9 Å². The molecule has 5 radical (unpaired) electrons. The number of hydrogen-bond donors (Lipinski definition) is 0. The molecule has 1 aromatic rings. The largest absolute Gasteiger partial charge is 0.305 e. The molecule has 75 valence electrons. The molecule has 0 heterocycles. The van der Waals surface area contributed by atoms with E-state index < -0.39 is 0 Å². The number of benzene rings is 1. The first-order chi connectivity index (χ1) is 4.79. The zero-order chi connectivity index (χ0) is 7.40. The average molecular weight is 287 g/mol. The number of nitrogens with zero attached hydrogens (tertiary/aromatic N) is 1. The van der Waals surface area contributed by atoms with Gasteiger partial charge in [-0.3, -0.25) is 0 Å². The maximum atomic E-state index is 3.16. The second kappa shape index (κ2) is 10.1. The van der Waals surface area contributed by atoms with Crippen molar-refractivity contribution in [1.29, 1.82) is 0 Å². The molecule has 0 fully saturated rings. The van der Waals surface area contributed by atoms with Gasteiger partial charge >= 0.3 is 0 Å². The van der Waals surface area contributed by atoms with E-state index in [0.29, 0.717) is 0 Å². The Morgan fingerprint density at radius 1 is 1.31 bits per heavy atom. The molecule has 0 unspecified atom stereocenters. The van der Waals surface area contributed by atoms with Crippen molar-refractivity contribution in [2.45, 2.75) is 21.4 Å². The van der Waals surface area contributed by atoms with Gasteiger partial charge in [0.1, 0.15) is 0 Å². The zero-order valence-electron chi connectivity index (χ0n) is 6.96. The molecule has 0 spiro atoms. The third-order valence-corrected chi connectivity index (χ3v) is 1.26. The second-order valence-electron chi connectivity index (χ2n) is 2.63. The fraction of sp³-hybridized carbons (Fsp3) is 0.455. The van der Waals surface area contributed by atoms with Gasteiger partial charge in [0.15, 0.2) is 0 Å². The molecule has 0 saturated carbocycles. The fourth-order valence-corrected chi connectivity index (χ4v) is 0.870. The minimum Gasteiger partial charge on any atom is -0.305 e. The Hall–Kier alpha value is -0.0213. The zero-order valence-corrected chi connectivity index (χ0v) is 9.82. The predicted octanol–water partition coefficient (Wildman–Crippen LogP) is 2.69. The first-order valence-electron chi connectivity index (χ1n) is 3.39. The third kappa shape index (κ3) is 8.31. The van der Waals surface area contributed by atoms with Crippen LogP contribution in [0.15, 0.2) is 24.3 Å². The van der Waals surface area contributed by atoms with Gasteiger partial charge < -0.3 is 4.90 Å². The van der Waals surface area contributed by atoms with Gasteiger partial charge in [0.25, 0.3) is 0 Å². The quantitative estimate of drug-likeness (QED) is 0.756. The summed E-state index contributed by atoms with van der Waals surface area (Å²) < 4.78 is 0. The van der Waals surface area contributed by atoms with E-state index in [1.165, 1.54) is 5.56 Å². The molecule has 0 atom stereocenters. The van der Waals surface area contributed by atoms with Crippen molar-refractivity contribution in [3.8, 4) is 0 Å². The van der Waals surface area contributed by atoms with E-state index in [-0.39, 0.29) is 40.2 Å². The molecule has 1 aromatic carbocycles. The SMILES string of the molecule is C.C.CN(C)Cc1[c]cccc1.[HH].[Sn]. The van der Waals surface area contributed by atoms with E-state index in [4.69, 9.17) is 0 Å². The molecule has 0 aliphatic rings. The Kier molecular flexibility index (Phi) is 14.5. The van der Waals surface area contributed by atoms with E-state index in [1.54, 1.807) is 0 Å². The maximum Gasteiger partial charge on any atom is 0.0233 e. The van der Waals surface area contributed by atoms with Gasteiger partial charge in [-0.15, -0.1) is 0 Å². The van der Waals surface area contributed by atoms with Gasteiger partial charge in [0.2, 0.25) is 0 Å². The van der Waals surface area contributed by atoms with Crippen LogP contribution in [0.5, 0.6) is 0 Å². The average Bonchev–Trinajstić information content (AvgIpc) is 1.88. The van der Waals surface area contributed by atoms with Crippen LogP contribution in [0.25, 0.3) is 0 Å². The van der Waals surface area contributed by atoms with E-state index in [1.807, 2.05) is 18.2 Å². The standard InChI is InChI=1S/C9H12N.2CH4.Sn.H2/c1-10(2)8-9-6-4-3-5-7-9;;;;/h3-6H,8H2,1-2H3;2*1H4;;1H. The summed E-state index contributed by atoms with van der Waals surface area (Å²) in [6, 6.07) is 11.2. The van der Waals surface area contributed by atoms with Crippen LogP contribution in [0.4, 0.5) is 0 Å². The van der Waals surface area contributed by atoms with Gasteiger partial charge in [-0.2, -0.15) is 0 Å². The molecule has 0 amide bonds.